The largest absolute Gasteiger partial charge is 0.252 e. The van der Waals surface area contributed by atoms with Crippen molar-refractivity contribution >= 4 is 17.4 Å². The molecule has 4 nitrogen and oxygen atoms in total. The lowest BCUT2D eigenvalue weighted by Gasteiger charge is -2.03. The standard InChI is InChI=1S/C12H9ClN4/c1-8-15-12-14-7-6-11(17(12)16-8)9-2-4-10(13)5-3-9/h2-7H,1H3. The molecule has 0 aliphatic carbocycles. The van der Waals surface area contributed by atoms with E-state index < -0.39 is 0 Å². The Hall–Kier alpha value is -1.94. The topological polar surface area (TPSA) is 43.1 Å². The van der Waals surface area contributed by atoms with E-state index in [2.05, 4.69) is 15.1 Å². The van der Waals surface area contributed by atoms with Gasteiger partial charge in [-0.3, -0.25) is 0 Å². The van der Waals surface area contributed by atoms with Crippen LogP contribution in [0.25, 0.3) is 17.0 Å². The van der Waals surface area contributed by atoms with Gasteiger partial charge in [-0.1, -0.05) is 23.7 Å². The quantitative estimate of drug-likeness (QED) is 0.661. The maximum Gasteiger partial charge on any atom is 0.252 e. The van der Waals surface area contributed by atoms with Gasteiger partial charge in [0.05, 0.1) is 5.69 Å². The normalized spacial score (nSPS) is 10.9. The van der Waals surface area contributed by atoms with Gasteiger partial charge in [0.1, 0.15) is 5.82 Å². The summed E-state index contributed by atoms with van der Waals surface area (Å²) >= 11 is 5.87. The van der Waals surface area contributed by atoms with Crippen molar-refractivity contribution in [1.29, 1.82) is 0 Å². The van der Waals surface area contributed by atoms with Crippen molar-refractivity contribution in [2.45, 2.75) is 6.92 Å². The van der Waals surface area contributed by atoms with Gasteiger partial charge in [0.2, 0.25) is 0 Å². The van der Waals surface area contributed by atoms with Gasteiger partial charge in [-0.25, -0.2) is 4.98 Å². The molecule has 2 heterocycles. The van der Waals surface area contributed by atoms with Crippen LogP contribution in [0.15, 0.2) is 36.5 Å². The monoisotopic (exact) mass is 244 g/mol. The summed E-state index contributed by atoms with van der Waals surface area (Å²) in [5, 5.41) is 5.04. The maximum atomic E-state index is 5.87. The van der Waals surface area contributed by atoms with Crippen molar-refractivity contribution in [1.82, 2.24) is 19.6 Å². The third-order valence-corrected chi connectivity index (χ3v) is 2.74. The van der Waals surface area contributed by atoms with Crippen molar-refractivity contribution in [2.75, 3.05) is 0 Å². The molecule has 3 rings (SSSR count). The van der Waals surface area contributed by atoms with Gasteiger partial charge >= 0.3 is 0 Å². The first-order chi connectivity index (χ1) is 8.24. The Morgan fingerprint density at radius 3 is 2.65 bits per heavy atom. The minimum atomic E-state index is 0.606. The van der Waals surface area contributed by atoms with Gasteiger partial charge in [0.15, 0.2) is 0 Å². The summed E-state index contributed by atoms with van der Waals surface area (Å²) in [5.74, 6) is 1.31. The Kier molecular flexibility index (Phi) is 2.30. The van der Waals surface area contributed by atoms with Crippen LogP contribution in [-0.2, 0) is 0 Å². The molecule has 17 heavy (non-hydrogen) atoms. The third-order valence-electron chi connectivity index (χ3n) is 2.49. The number of aryl methyl sites for hydroxylation is 1. The summed E-state index contributed by atoms with van der Waals surface area (Å²) < 4.78 is 1.73. The highest BCUT2D eigenvalue weighted by atomic mass is 35.5. The summed E-state index contributed by atoms with van der Waals surface area (Å²) in [5.41, 5.74) is 1.99. The van der Waals surface area contributed by atoms with Crippen LogP contribution in [0.5, 0.6) is 0 Å². The highest BCUT2D eigenvalue weighted by molar-refractivity contribution is 6.30. The number of fused-ring (bicyclic) bond motifs is 1. The number of hydrogen-bond acceptors (Lipinski definition) is 3. The average Bonchev–Trinajstić information content (AvgIpc) is 2.70. The summed E-state index contributed by atoms with van der Waals surface area (Å²) in [6.07, 6.45) is 1.73. The zero-order valence-electron chi connectivity index (χ0n) is 9.13. The molecule has 0 aliphatic heterocycles. The van der Waals surface area contributed by atoms with Crippen molar-refractivity contribution in [3.63, 3.8) is 0 Å². The van der Waals surface area contributed by atoms with Crippen LogP contribution < -0.4 is 0 Å². The molecule has 0 spiro atoms. The Balaban J connectivity index is 2.26. The molecule has 0 atom stereocenters. The van der Waals surface area contributed by atoms with E-state index in [1.165, 1.54) is 0 Å². The summed E-state index contributed by atoms with van der Waals surface area (Å²) in [6.45, 7) is 1.85. The minimum Gasteiger partial charge on any atom is -0.220 e. The number of nitrogens with zero attached hydrogens (tertiary/aromatic N) is 4. The number of aromatic nitrogens is 4. The Morgan fingerprint density at radius 1 is 1.12 bits per heavy atom. The second-order valence-corrected chi connectivity index (χ2v) is 4.14. The number of rotatable bonds is 1. The first-order valence-corrected chi connectivity index (χ1v) is 5.56. The molecular formula is C12H9ClN4. The van der Waals surface area contributed by atoms with Crippen LogP contribution in [0.3, 0.4) is 0 Å². The van der Waals surface area contributed by atoms with E-state index >= 15 is 0 Å². The molecule has 5 heteroatoms. The van der Waals surface area contributed by atoms with Crippen LogP contribution >= 0.6 is 11.6 Å². The predicted octanol–water partition coefficient (Wildman–Crippen LogP) is 2.75. The molecule has 0 bridgehead atoms. The van der Waals surface area contributed by atoms with Crippen LogP contribution in [0, 0.1) is 6.92 Å². The smallest absolute Gasteiger partial charge is 0.220 e. The number of benzene rings is 1. The lowest BCUT2D eigenvalue weighted by atomic mass is 10.1. The van der Waals surface area contributed by atoms with Crippen LogP contribution in [0.2, 0.25) is 5.02 Å². The lowest BCUT2D eigenvalue weighted by Crippen LogP contribution is -1.95. The molecule has 0 radical (unpaired) electrons. The van der Waals surface area contributed by atoms with Crippen molar-refractivity contribution < 1.29 is 0 Å². The van der Waals surface area contributed by atoms with E-state index in [1.54, 1.807) is 10.7 Å². The minimum absolute atomic E-state index is 0.606. The SMILES string of the molecule is Cc1nc2nccc(-c3ccc(Cl)cc3)n2n1. The highest BCUT2D eigenvalue weighted by Gasteiger charge is 2.07. The van der Waals surface area contributed by atoms with E-state index in [0.29, 0.717) is 16.6 Å². The first-order valence-electron chi connectivity index (χ1n) is 5.18. The molecule has 0 saturated heterocycles. The summed E-state index contributed by atoms with van der Waals surface area (Å²) in [7, 11) is 0. The fourth-order valence-corrected chi connectivity index (χ4v) is 1.86. The Bertz CT molecular complexity index is 673. The molecule has 0 amide bonds. The van der Waals surface area contributed by atoms with E-state index in [4.69, 9.17) is 11.6 Å². The second kappa shape index (κ2) is 3.82. The van der Waals surface area contributed by atoms with Gasteiger partial charge in [-0.05, 0) is 25.1 Å². The number of halogens is 1. The highest BCUT2D eigenvalue weighted by Crippen LogP contribution is 2.21. The molecule has 0 saturated carbocycles. The van der Waals surface area contributed by atoms with E-state index in [1.807, 2.05) is 37.3 Å². The first kappa shape index (κ1) is 10.2. The summed E-state index contributed by atoms with van der Waals surface area (Å²) in [4.78, 5) is 8.40. The van der Waals surface area contributed by atoms with Gasteiger partial charge in [-0.15, -0.1) is 5.10 Å². The van der Waals surface area contributed by atoms with E-state index in [0.717, 1.165) is 11.3 Å². The molecule has 0 fully saturated rings. The molecule has 0 aliphatic rings. The maximum absolute atomic E-state index is 5.87. The lowest BCUT2D eigenvalue weighted by molar-refractivity contribution is 0.924. The van der Waals surface area contributed by atoms with E-state index in [-0.39, 0.29) is 0 Å². The zero-order valence-corrected chi connectivity index (χ0v) is 9.89. The molecule has 3 aromatic rings. The molecule has 84 valence electrons. The van der Waals surface area contributed by atoms with Gasteiger partial charge < -0.3 is 0 Å². The second-order valence-electron chi connectivity index (χ2n) is 3.71. The predicted molar refractivity (Wildman–Crippen MR) is 66.0 cm³/mol. The van der Waals surface area contributed by atoms with Crippen molar-refractivity contribution in [3.05, 3.63) is 47.4 Å². The van der Waals surface area contributed by atoms with E-state index in [9.17, 15) is 0 Å². The number of hydrogen-bond donors (Lipinski definition) is 0. The van der Waals surface area contributed by atoms with Gasteiger partial charge in [-0.2, -0.15) is 9.50 Å². The zero-order chi connectivity index (χ0) is 11.8. The van der Waals surface area contributed by atoms with Crippen molar-refractivity contribution in [3.8, 4) is 11.3 Å². The summed E-state index contributed by atoms with van der Waals surface area (Å²) in [6, 6.07) is 9.52. The van der Waals surface area contributed by atoms with Crippen LogP contribution in [-0.4, -0.2) is 19.6 Å². The van der Waals surface area contributed by atoms with Gasteiger partial charge in [0.25, 0.3) is 5.78 Å². The fraction of sp³-hybridized carbons (Fsp3) is 0.0833. The van der Waals surface area contributed by atoms with Crippen LogP contribution in [0.4, 0.5) is 0 Å². The molecule has 0 N–H and O–H groups in total. The average molecular weight is 245 g/mol. The Morgan fingerprint density at radius 2 is 1.88 bits per heavy atom. The fourth-order valence-electron chi connectivity index (χ4n) is 1.73. The van der Waals surface area contributed by atoms with Gasteiger partial charge in [0, 0.05) is 16.8 Å². The molecule has 0 unspecified atom stereocenters. The molecular weight excluding hydrogens is 236 g/mol. The molecule has 2 aromatic heterocycles. The third kappa shape index (κ3) is 1.76. The van der Waals surface area contributed by atoms with Crippen LogP contribution in [0.1, 0.15) is 5.82 Å². The molecule has 1 aromatic carbocycles. The van der Waals surface area contributed by atoms with Crippen molar-refractivity contribution in [2.24, 2.45) is 0 Å². The Labute approximate surface area is 103 Å².